The van der Waals surface area contributed by atoms with Crippen LogP contribution in [0.15, 0.2) is 36.4 Å². The first-order valence-electron chi connectivity index (χ1n) is 12.3. The van der Waals surface area contributed by atoms with E-state index >= 15 is 0 Å². The third-order valence-electron chi connectivity index (χ3n) is 6.85. The average Bonchev–Trinajstić information content (AvgIpc) is 3.74. The summed E-state index contributed by atoms with van der Waals surface area (Å²) in [6.45, 7) is 7.10. The molecular formula is C26H35N5O3. The highest BCUT2D eigenvalue weighted by Gasteiger charge is 2.36. The van der Waals surface area contributed by atoms with Gasteiger partial charge in [-0.15, -0.1) is 10.2 Å². The Morgan fingerprint density at radius 2 is 1.82 bits per heavy atom. The molecule has 2 amide bonds. The summed E-state index contributed by atoms with van der Waals surface area (Å²) < 4.78 is 5.21. The normalized spacial score (nSPS) is 17.1. The number of ether oxygens (including phenoxy) is 1. The number of anilines is 1. The number of rotatable bonds is 8. The second-order valence-corrected chi connectivity index (χ2v) is 9.22. The molecule has 0 radical (unpaired) electrons. The zero-order valence-corrected chi connectivity index (χ0v) is 20.4. The highest BCUT2D eigenvalue weighted by Crippen LogP contribution is 2.32. The molecule has 1 atom stereocenters. The van der Waals surface area contributed by atoms with Gasteiger partial charge in [0.2, 0.25) is 11.8 Å². The fourth-order valence-electron chi connectivity index (χ4n) is 4.29. The van der Waals surface area contributed by atoms with Gasteiger partial charge in [0.25, 0.3) is 0 Å². The Bertz CT molecular complexity index is 975. The molecule has 0 unspecified atom stereocenters. The van der Waals surface area contributed by atoms with Gasteiger partial charge in [-0.1, -0.05) is 6.92 Å². The predicted octanol–water partition coefficient (Wildman–Crippen LogP) is 3.23. The number of amides is 2. The van der Waals surface area contributed by atoms with Crippen molar-refractivity contribution >= 4 is 17.6 Å². The number of benzene rings is 1. The molecule has 0 bridgehead atoms. The van der Waals surface area contributed by atoms with E-state index in [-0.39, 0.29) is 30.3 Å². The lowest BCUT2D eigenvalue weighted by atomic mass is 10.1. The highest BCUT2D eigenvalue weighted by atomic mass is 16.5. The molecule has 1 aromatic carbocycles. The maximum absolute atomic E-state index is 13.1. The Labute approximate surface area is 201 Å². The molecule has 0 N–H and O–H groups in total. The van der Waals surface area contributed by atoms with Crippen molar-refractivity contribution < 1.29 is 14.3 Å². The molecule has 1 aromatic heterocycles. The molecule has 1 saturated heterocycles. The maximum Gasteiger partial charge on any atom is 0.242 e. The van der Waals surface area contributed by atoms with Gasteiger partial charge in [-0.25, -0.2) is 0 Å². The SMILES string of the molecule is CC[C@@H](C)N(CC(=O)N1CCCN(c2ccc(-c3ccc(OC)cc3)nn2)CC1)C(=O)C1CC1. The largest absolute Gasteiger partial charge is 0.497 e. The minimum absolute atomic E-state index is 0.0390. The van der Waals surface area contributed by atoms with Crippen LogP contribution in [-0.4, -0.2) is 77.7 Å². The Balaban J connectivity index is 1.35. The van der Waals surface area contributed by atoms with Crippen molar-refractivity contribution in [3.8, 4) is 17.0 Å². The minimum atomic E-state index is 0.0390. The van der Waals surface area contributed by atoms with E-state index in [1.165, 1.54) is 0 Å². The molecule has 8 nitrogen and oxygen atoms in total. The van der Waals surface area contributed by atoms with Crippen molar-refractivity contribution in [1.82, 2.24) is 20.0 Å². The van der Waals surface area contributed by atoms with E-state index in [9.17, 15) is 9.59 Å². The molecule has 4 rings (SSSR count). The Kier molecular flexibility index (Phi) is 7.65. The molecule has 2 fully saturated rings. The van der Waals surface area contributed by atoms with Crippen molar-refractivity contribution in [2.45, 2.75) is 45.6 Å². The van der Waals surface area contributed by atoms with Crippen LogP contribution in [0.25, 0.3) is 11.3 Å². The van der Waals surface area contributed by atoms with Gasteiger partial charge in [-0.3, -0.25) is 9.59 Å². The average molecular weight is 466 g/mol. The van der Waals surface area contributed by atoms with Gasteiger partial charge >= 0.3 is 0 Å². The van der Waals surface area contributed by atoms with Crippen LogP contribution in [0, 0.1) is 5.92 Å². The van der Waals surface area contributed by atoms with Gasteiger partial charge in [-0.05, 0) is 69.0 Å². The zero-order valence-electron chi connectivity index (χ0n) is 20.4. The van der Waals surface area contributed by atoms with Gasteiger partial charge in [0, 0.05) is 43.7 Å². The molecule has 1 aliphatic carbocycles. The van der Waals surface area contributed by atoms with Crippen LogP contribution in [0.5, 0.6) is 5.75 Å². The van der Waals surface area contributed by atoms with Gasteiger partial charge in [-0.2, -0.15) is 0 Å². The van der Waals surface area contributed by atoms with Crippen molar-refractivity contribution in [2.24, 2.45) is 5.92 Å². The fourth-order valence-corrected chi connectivity index (χ4v) is 4.29. The van der Waals surface area contributed by atoms with E-state index in [4.69, 9.17) is 4.74 Å². The van der Waals surface area contributed by atoms with Crippen molar-refractivity contribution in [3.05, 3.63) is 36.4 Å². The van der Waals surface area contributed by atoms with Crippen LogP contribution in [0.4, 0.5) is 5.82 Å². The van der Waals surface area contributed by atoms with E-state index in [1.54, 1.807) is 12.0 Å². The summed E-state index contributed by atoms with van der Waals surface area (Å²) in [7, 11) is 1.65. The Hall–Kier alpha value is -3.16. The third-order valence-corrected chi connectivity index (χ3v) is 6.85. The number of hydrogen-bond acceptors (Lipinski definition) is 6. The van der Waals surface area contributed by atoms with Crippen LogP contribution in [-0.2, 0) is 9.59 Å². The van der Waals surface area contributed by atoms with E-state index < -0.39 is 0 Å². The first kappa shape index (κ1) is 24.0. The standard InChI is InChI=1S/C26H35N5O3/c1-4-19(2)31(26(33)21-6-7-21)18-25(32)30-15-5-14-29(16-17-30)24-13-12-23(27-28-24)20-8-10-22(34-3)11-9-20/h8-13,19,21H,4-7,14-18H2,1-3H3/t19-/m1/s1. The highest BCUT2D eigenvalue weighted by molar-refractivity contribution is 5.87. The van der Waals surface area contributed by atoms with E-state index in [0.29, 0.717) is 19.6 Å². The van der Waals surface area contributed by atoms with Gasteiger partial charge < -0.3 is 19.4 Å². The number of nitrogens with zero attached hydrogens (tertiary/aromatic N) is 5. The Morgan fingerprint density at radius 3 is 2.44 bits per heavy atom. The van der Waals surface area contributed by atoms with Gasteiger partial charge in [0.05, 0.1) is 19.3 Å². The summed E-state index contributed by atoms with van der Waals surface area (Å²) in [5.41, 5.74) is 1.79. The van der Waals surface area contributed by atoms with Crippen molar-refractivity contribution in [3.63, 3.8) is 0 Å². The molecule has 8 heteroatoms. The molecule has 2 aromatic rings. The minimum Gasteiger partial charge on any atom is -0.497 e. The maximum atomic E-state index is 13.1. The van der Waals surface area contributed by atoms with E-state index in [1.807, 2.05) is 48.2 Å². The molecule has 34 heavy (non-hydrogen) atoms. The summed E-state index contributed by atoms with van der Waals surface area (Å²) in [5, 5.41) is 8.87. The number of aromatic nitrogens is 2. The monoisotopic (exact) mass is 465 g/mol. The van der Waals surface area contributed by atoms with E-state index in [0.717, 1.165) is 55.1 Å². The number of carbonyl (C=O) groups excluding carboxylic acids is 2. The van der Waals surface area contributed by atoms with Crippen LogP contribution in [0.2, 0.25) is 0 Å². The smallest absolute Gasteiger partial charge is 0.242 e. The number of carbonyl (C=O) groups is 2. The van der Waals surface area contributed by atoms with Crippen molar-refractivity contribution in [1.29, 1.82) is 0 Å². The third kappa shape index (κ3) is 5.66. The number of hydrogen-bond donors (Lipinski definition) is 0. The molecule has 1 saturated carbocycles. The summed E-state index contributed by atoms with van der Waals surface area (Å²) >= 11 is 0. The van der Waals surface area contributed by atoms with E-state index in [2.05, 4.69) is 22.0 Å². The summed E-state index contributed by atoms with van der Waals surface area (Å²) in [6, 6.07) is 11.8. The van der Waals surface area contributed by atoms with Crippen LogP contribution >= 0.6 is 0 Å². The first-order chi connectivity index (χ1) is 16.5. The molecule has 0 spiro atoms. The molecule has 1 aliphatic heterocycles. The molecular weight excluding hydrogens is 430 g/mol. The lowest BCUT2D eigenvalue weighted by Gasteiger charge is -2.31. The molecule has 182 valence electrons. The topological polar surface area (TPSA) is 78.9 Å². The van der Waals surface area contributed by atoms with Crippen LogP contribution in [0.1, 0.15) is 39.5 Å². The summed E-state index contributed by atoms with van der Waals surface area (Å²) in [6.07, 6.45) is 3.62. The lowest BCUT2D eigenvalue weighted by molar-refractivity contribution is -0.143. The number of methoxy groups -OCH3 is 1. The second kappa shape index (κ2) is 10.8. The molecule has 2 heterocycles. The van der Waals surface area contributed by atoms with Crippen LogP contribution in [0.3, 0.4) is 0 Å². The lowest BCUT2D eigenvalue weighted by Crippen LogP contribution is -2.47. The zero-order chi connectivity index (χ0) is 24.1. The van der Waals surface area contributed by atoms with Gasteiger partial charge in [0.1, 0.15) is 5.75 Å². The molecule has 2 aliphatic rings. The summed E-state index contributed by atoms with van der Waals surface area (Å²) in [5.74, 6) is 1.93. The second-order valence-electron chi connectivity index (χ2n) is 9.22. The van der Waals surface area contributed by atoms with Crippen LogP contribution < -0.4 is 9.64 Å². The van der Waals surface area contributed by atoms with Crippen molar-refractivity contribution in [2.75, 3.05) is 44.7 Å². The fraction of sp³-hybridized carbons (Fsp3) is 0.538. The predicted molar refractivity (Wildman–Crippen MR) is 132 cm³/mol. The first-order valence-corrected chi connectivity index (χ1v) is 12.3. The quantitative estimate of drug-likeness (QED) is 0.596. The Morgan fingerprint density at radius 1 is 1.06 bits per heavy atom. The van der Waals surface area contributed by atoms with Gasteiger partial charge in [0.15, 0.2) is 5.82 Å². The summed E-state index contributed by atoms with van der Waals surface area (Å²) in [4.78, 5) is 31.7.